The summed E-state index contributed by atoms with van der Waals surface area (Å²) >= 11 is 0. The van der Waals surface area contributed by atoms with E-state index in [2.05, 4.69) is 51.0 Å². The minimum absolute atomic E-state index is 0.210. The van der Waals surface area contributed by atoms with Gasteiger partial charge >= 0.3 is 0 Å². The van der Waals surface area contributed by atoms with Crippen molar-refractivity contribution in [3.8, 4) is 11.4 Å². The Morgan fingerprint density at radius 2 is 1.70 bits per heavy atom. The van der Waals surface area contributed by atoms with Gasteiger partial charge in [0, 0.05) is 49.7 Å². The highest BCUT2D eigenvalue weighted by atomic mass is 16.2. The van der Waals surface area contributed by atoms with Crippen LogP contribution in [0.25, 0.3) is 11.4 Å². The molecule has 3 aromatic rings. The fourth-order valence-corrected chi connectivity index (χ4v) is 4.75. The van der Waals surface area contributed by atoms with Crippen LogP contribution in [0.1, 0.15) is 28.8 Å². The van der Waals surface area contributed by atoms with E-state index in [1.165, 1.54) is 5.56 Å². The van der Waals surface area contributed by atoms with Crippen LogP contribution in [0.3, 0.4) is 0 Å². The molecule has 0 N–H and O–H groups in total. The summed E-state index contributed by atoms with van der Waals surface area (Å²) in [6.45, 7) is 5.87. The van der Waals surface area contributed by atoms with Crippen molar-refractivity contribution in [2.75, 3.05) is 26.2 Å². The molecule has 0 saturated carbocycles. The van der Waals surface area contributed by atoms with Crippen molar-refractivity contribution < 1.29 is 4.79 Å². The molecule has 0 bridgehead atoms. The number of amides is 1. The molecule has 0 atom stereocenters. The van der Waals surface area contributed by atoms with Crippen molar-refractivity contribution in [3.63, 3.8) is 0 Å². The first-order valence-corrected chi connectivity index (χ1v) is 10.9. The number of rotatable bonds is 6. The zero-order chi connectivity index (χ0) is 20.3. The molecule has 3 heterocycles. The van der Waals surface area contributed by atoms with Gasteiger partial charge in [0.15, 0.2) is 0 Å². The van der Waals surface area contributed by atoms with Gasteiger partial charge in [-0.3, -0.25) is 4.79 Å². The van der Waals surface area contributed by atoms with E-state index < -0.39 is 0 Å². The first-order valence-electron chi connectivity index (χ1n) is 10.9. The second kappa shape index (κ2) is 8.44. The molecule has 0 unspecified atom stereocenters. The number of nitrogens with zero attached hydrogens (tertiary/aromatic N) is 4. The van der Waals surface area contributed by atoms with Gasteiger partial charge in [0.1, 0.15) is 5.82 Å². The topological polar surface area (TPSA) is 41.4 Å². The first kappa shape index (κ1) is 19.1. The van der Waals surface area contributed by atoms with Crippen LogP contribution in [0.4, 0.5) is 0 Å². The maximum atomic E-state index is 12.6. The lowest BCUT2D eigenvalue weighted by Crippen LogP contribution is -2.40. The molecule has 0 radical (unpaired) electrons. The van der Waals surface area contributed by atoms with Crippen molar-refractivity contribution in [2.24, 2.45) is 5.92 Å². The molecule has 154 valence electrons. The molecular formula is C25H28N4O. The summed E-state index contributed by atoms with van der Waals surface area (Å²) in [6.07, 6.45) is 6.29. The molecule has 2 aromatic carbocycles. The molecule has 1 saturated heterocycles. The SMILES string of the molecule is O=C1c2ccccc2CN1CC1CCN(CCn2ccnc2-c2ccccc2)CC1. The van der Waals surface area contributed by atoms with Gasteiger partial charge in [-0.2, -0.15) is 0 Å². The number of hydrogen-bond acceptors (Lipinski definition) is 3. The first-order chi connectivity index (χ1) is 14.8. The largest absolute Gasteiger partial charge is 0.334 e. The highest BCUT2D eigenvalue weighted by Crippen LogP contribution is 2.26. The normalized spacial score (nSPS) is 17.5. The van der Waals surface area contributed by atoms with E-state index in [0.29, 0.717) is 5.92 Å². The average Bonchev–Trinajstić information content (AvgIpc) is 3.39. The van der Waals surface area contributed by atoms with E-state index in [9.17, 15) is 4.79 Å². The zero-order valence-corrected chi connectivity index (χ0v) is 17.3. The summed E-state index contributed by atoms with van der Waals surface area (Å²) in [5, 5.41) is 0. The number of carbonyl (C=O) groups is 1. The highest BCUT2D eigenvalue weighted by molar-refractivity contribution is 5.98. The maximum Gasteiger partial charge on any atom is 0.254 e. The molecule has 1 amide bonds. The number of imidazole rings is 1. The van der Waals surface area contributed by atoms with E-state index in [1.54, 1.807) is 0 Å². The summed E-state index contributed by atoms with van der Waals surface area (Å²) in [7, 11) is 0. The molecule has 2 aliphatic heterocycles. The summed E-state index contributed by atoms with van der Waals surface area (Å²) < 4.78 is 2.25. The second-order valence-electron chi connectivity index (χ2n) is 8.44. The van der Waals surface area contributed by atoms with E-state index in [1.807, 2.05) is 35.4 Å². The summed E-state index contributed by atoms with van der Waals surface area (Å²) in [5.74, 6) is 1.85. The molecule has 5 nitrogen and oxygen atoms in total. The van der Waals surface area contributed by atoms with Crippen molar-refractivity contribution in [1.29, 1.82) is 0 Å². The predicted octanol–water partition coefficient (Wildman–Crippen LogP) is 3.92. The van der Waals surface area contributed by atoms with E-state index in [4.69, 9.17) is 0 Å². The van der Waals surface area contributed by atoms with Gasteiger partial charge in [0.25, 0.3) is 5.91 Å². The minimum Gasteiger partial charge on any atom is -0.334 e. The third-order valence-electron chi connectivity index (χ3n) is 6.49. The van der Waals surface area contributed by atoms with Crippen LogP contribution < -0.4 is 0 Å². The van der Waals surface area contributed by atoms with Gasteiger partial charge in [-0.25, -0.2) is 4.98 Å². The van der Waals surface area contributed by atoms with Gasteiger partial charge in [0.2, 0.25) is 0 Å². The Balaban J connectivity index is 1.11. The monoisotopic (exact) mass is 400 g/mol. The number of hydrogen-bond donors (Lipinski definition) is 0. The Hall–Kier alpha value is -2.92. The zero-order valence-electron chi connectivity index (χ0n) is 17.3. The van der Waals surface area contributed by atoms with Crippen LogP contribution in [0, 0.1) is 5.92 Å². The third kappa shape index (κ3) is 3.90. The van der Waals surface area contributed by atoms with E-state index in [0.717, 1.165) is 69.1 Å². The van der Waals surface area contributed by atoms with Gasteiger partial charge < -0.3 is 14.4 Å². The van der Waals surface area contributed by atoms with Crippen molar-refractivity contribution in [2.45, 2.75) is 25.9 Å². The lowest BCUT2D eigenvalue weighted by molar-refractivity contribution is 0.0713. The summed E-state index contributed by atoms with van der Waals surface area (Å²) in [5.41, 5.74) is 3.23. The van der Waals surface area contributed by atoms with Crippen LogP contribution in [-0.4, -0.2) is 51.4 Å². The van der Waals surface area contributed by atoms with Gasteiger partial charge in [-0.1, -0.05) is 48.5 Å². The number of aromatic nitrogens is 2. The van der Waals surface area contributed by atoms with Crippen LogP contribution in [-0.2, 0) is 13.1 Å². The molecule has 1 fully saturated rings. The van der Waals surface area contributed by atoms with Crippen LogP contribution in [0.2, 0.25) is 0 Å². The lowest BCUT2D eigenvalue weighted by Gasteiger charge is -2.34. The van der Waals surface area contributed by atoms with Gasteiger partial charge in [0.05, 0.1) is 0 Å². The van der Waals surface area contributed by atoms with Gasteiger partial charge in [-0.05, 0) is 43.5 Å². The number of fused-ring (bicyclic) bond motifs is 1. The van der Waals surface area contributed by atoms with Crippen molar-refractivity contribution in [3.05, 3.63) is 78.1 Å². The highest BCUT2D eigenvalue weighted by Gasteiger charge is 2.30. The Morgan fingerprint density at radius 3 is 2.50 bits per heavy atom. The Labute approximate surface area is 178 Å². The number of likely N-dealkylation sites (tertiary alicyclic amines) is 1. The molecular weight excluding hydrogens is 372 g/mol. The fraction of sp³-hybridized carbons (Fsp3) is 0.360. The quantitative estimate of drug-likeness (QED) is 0.630. The summed E-state index contributed by atoms with van der Waals surface area (Å²) in [6, 6.07) is 18.4. The molecule has 5 heteroatoms. The Morgan fingerprint density at radius 1 is 0.933 bits per heavy atom. The maximum absolute atomic E-state index is 12.6. The fourth-order valence-electron chi connectivity index (χ4n) is 4.75. The molecule has 5 rings (SSSR count). The standard InChI is InChI=1S/C25H28N4O/c30-25-23-9-5-4-8-22(23)19-29(25)18-20-10-13-27(14-11-20)16-17-28-15-12-26-24(28)21-6-2-1-3-7-21/h1-9,12,15,20H,10-11,13-14,16-19H2. The average molecular weight is 401 g/mol. The van der Waals surface area contributed by atoms with Gasteiger partial charge in [-0.15, -0.1) is 0 Å². The van der Waals surface area contributed by atoms with Crippen LogP contribution >= 0.6 is 0 Å². The van der Waals surface area contributed by atoms with Crippen LogP contribution in [0.15, 0.2) is 67.0 Å². The minimum atomic E-state index is 0.210. The van der Waals surface area contributed by atoms with E-state index >= 15 is 0 Å². The number of carbonyl (C=O) groups excluding carboxylic acids is 1. The smallest absolute Gasteiger partial charge is 0.254 e. The predicted molar refractivity (Wildman–Crippen MR) is 118 cm³/mol. The lowest BCUT2D eigenvalue weighted by atomic mass is 9.96. The van der Waals surface area contributed by atoms with Crippen molar-refractivity contribution in [1.82, 2.24) is 19.4 Å². The number of benzene rings is 2. The van der Waals surface area contributed by atoms with Crippen LogP contribution in [0.5, 0.6) is 0 Å². The summed E-state index contributed by atoms with van der Waals surface area (Å²) in [4.78, 5) is 21.8. The van der Waals surface area contributed by atoms with E-state index in [-0.39, 0.29) is 5.91 Å². The molecule has 0 spiro atoms. The Bertz CT molecular complexity index is 1000. The Kier molecular flexibility index (Phi) is 5.37. The molecule has 0 aliphatic carbocycles. The second-order valence-corrected chi connectivity index (χ2v) is 8.44. The molecule has 2 aliphatic rings. The number of piperidine rings is 1. The molecule has 1 aromatic heterocycles. The van der Waals surface area contributed by atoms with Crippen molar-refractivity contribution >= 4 is 5.91 Å². The third-order valence-corrected chi connectivity index (χ3v) is 6.49. The molecule has 30 heavy (non-hydrogen) atoms.